The molecule has 0 bridgehead atoms. The quantitative estimate of drug-likeness (QED) is 0.0919. The van der Waals surface area contributed by atoms with Gasteiger partial charge in [0.1, 0.15) is 0 Å². The summed E-state index contributed by atoms with van der Waals surface area (Å²) >= 11 is 0. The third-order valence-corrected chi connectivity index (χ3v) is 8.54. The van der Waals surface area contributed by atoms with Crippen molar-refractivity contribution in [2.24, 2.45) is 0 Å². The monoisotopic (exact) mass is 558 g/mol. The first-order valence-corrected chi connectivity index (χ1v) is 17.3. The molecule has 0 radical (unpaired) electrons. The number of hydrogen-bond donors (Lipinski definition) is 0. The van der Waals surface area contributed by atoms with Crippen LogP contribution in [0.15, 0.2) is 85.0 Å². The fourth-order valence-electron chi connectivity index (χ4n) is 5.99. The lowest BCUT2D eigenvalue weighted by molar-refractivity contribution is 0.00957. The molecule has 41 heavy (non-hydrogen) atoms. The van der Waals surface area contributed by atoms with E-state index in [9.17, 15) is 0 Å². The molecule has 0 aliphatic carbocycles. The van der Waals surface area contributed by atoms with Crippen molar-refractivity contribution in [1.82, 2.24) is 0 Å². The highest BCUT2D eigenvalue weighted by Gasteiger charge is 2.27. The summed E-state index contributed by atoms with van der Waals surface area (Å²) in [5.41, 5.74) is 2.76. The van der Waals surface area contributed by atoms with E-state index >= 15 is 0 Å². The normalized spacial score (nSPS) is 14.9. The molecule has 228 valence electrons. The summed E-state index contributed by atoms with van der Waals surface area (Å²) in [6.07, 6.45) is 30.2. The van der Waals surface area contributed by atoms with Crippen molar-refractivity contribution in [1.29, 1.82) is 0 Å². The van der Waals surface area contributed by atoms with Crippen molar-refractivity contribution in [2.45, 2.75) is 154 Å². The Morgan fingerprint density at radius 1 is 0.488 bits per heavy atom. The van der Waals surface area contributed by atoms with Crippen LogP contribution in [0.5, 0.6) is 0 Å². The number of allylic oxidation sites excluding steroid dienone is 2. The zero-order valence-corrected chi connectivity index (χ0v) is 27.1. The summed E-state index contributed by atoms with van der Waals surface area (Å²) < 4.78 is 7.21. The summed E-state index contributed by atoms with van der Waals surface area (Å²) in [6, 6.07) is 22.1. The Balaban J connectivity index is 2.21. The lowest BCUT2D eigenvalue weighted by Gasteiger charge is -2.32. The van der Waals surface area contributed by atoms with Crippen LogP contribution in [0.4, 0.5) is 0 Å². The van der Waals surface area contributed by atoms with E-state index in [0.29, 0.717) is 11.8 Å². The molecule has 0 N–H and O–H groups in total. The standard InChI is InChI=1S/C40H62O/c1-5-9-11-13-15-17-19-27-33-39(37(7-3)35-29-23-21-24-30-35)41-40(34-28-20-18-16-14-12-10-6-2)38(8-4)36-31-25-22-26-32-36/h21-34,37-40H,5-20H2,1-4H3. The molecule has 0 saturated carbocycles. The molecule has 0 heterocycles. The molecule has 0 aliphatic heterocycles. The van der Waals surface area contributed by atoms with Crippen molar-refractivity contribution in [3.05, 3.63) is 96.1 Å². The number of benzene rings is 2. The van der Waals surface area contributed by atoms with Gasteiger partial charge in [0.2, 0.25) is 0 Å². The zero-order chi connectivity index (χ0) is 29.4. The van der Waals surface area contributed by atoms with Crippen molar-refractivity contribution in [2.75, 3.05) is 0 Å². The summed E-state index contributed by atoms with van der Waals surface area (Å²) in [5.74, 6) is 0.694. The average Bonchev–Trinajstić information content (AvgIpc) is 3.01. The van der Waals surface area contributed by atoms with Crippen LogP contribution in [0.1, 0.15) is 153 Å². The van der Waals surface area contributed by atoms with E-state index in [1.807, 2.05) is 0 Å². The summed E-state index contributed by atoms with van der Waals surface area (Å²) in [7, 11) is 0. The third kappa shape index (κ3) is 14.6. The van der Waals surface area contributed by atoms with Crippen LogP contribution in [-0.4, -0.2) is 12.2 Å². The first-order valence-electron chi connectivity index (χ1n) is 17.3. The number of ether oxygens (including phenoxy) is 1. The number of rotatable bonds is 24. The van der Waals surface area contributed by atoms with Gasteiger partial charge in [-0.25, -0.2) is 0 Å². The van der Waals surface area contributed by atoms with E-state index in [2.05, 4.69) is 113 Å². The van der Waals surface area contributed by atoms with Crippen LogP contribution in [0.3, 0.4) is 0 Å². The second kappa shape index (κ2) is 23.4. The minimum Gasteiger partial charge on any atom is -0.366 e. The van der Waals surface area contributed by atoms with Crippen molar-refractivity contribution in [3.63, 3.8) is 0 Å². The first kappa shape index (κ1) is 35.1. The van der Waals surface area contributed by atoms with Crippen molar-refractivity contribution < 1.29 is 4.74 Å². The Kier molecular flexibility index (Phi) is 20.1. The van der Waals surface area contributed by atoms with Gasteiger partial charge in [0.05, 0.1) is 12.2 Å². The van der Waals surface area contributed by atoms with Gasteiger partial charge in [-0.05, 0) is 49.7 Å². The van der Waals surface area contributed by atoms with Crippen LogP contribution in [0.25, 0.3) is 0 Å². The molecule has 0 spiro atoms. The van der Waals surface area contributed by atoms with Gasteiger partial charge in [0, 0.05) is 11.8 Å². The molecular weight excluding hydrogens is 496 g/mol. The van der Waals surface area contributed by atoms with E-state index in [1.54, 1.807) is 0 Å². The van der Waals surface area contributed by atoms with Crippen LogP contribution in [0, 0.1) is 0 Å². The molecule has 2 aromatic carbocycles. The summed E-state index contributed by atoms with van der Waals surface area (Å²) in [5, 5.41) is 0. The number of unbranched alkanes of at least 4 members (excludes halogenated alkanes) is 12. The predicted molar refractivity (Wildman–Crippen MR) is 182 cm³/mol. The molecule has 0 saturated heterocycles. The van der Waals surface area contributed by atoms with E-state index in [4.69, 9.17) is 4.74 Å². The maximum absolute atomic E-state index is 7.21. The van der Waals surface area contributed by atoms with Gasteiger partial charge in [0.25, 0.3) is 0 Å². The highest BCUT2D eigenvalue weighted by Crippen LogP contribution is 2.33. The van der Waals surface area contributed by atoms with Crippen molar-refractivity contribution >= 4 is 0 Å². The Bertz CT molecular complexity index is 823. The molecule has 0 aromatic heterocycles. The predicted octanol–water partition coefficient (Wildman–Crippen LogP) is 12.7. The van der Waals surface area contributed by atoms with Gasteiger partial charge in [-0.1, -0.05) is 177 Å². The van der Waals surface area contributed by atoms with Gasteiger partial charge >= 0.3 is 0 Å². The Morgan fingerprint density at radius 2 is 0.854 bits per heavy atom. The molecule has 0 amide bonds. The molecule has 2 rings (SSSR count). The maximum Gasteiger partial charge on any atom is 0.0832 e. The fraction of sp³-hybridized carbons (Fsp3) is 0.600. The maximum atomic E-state index is 7.21. The summed E-state index contributed by atoms with van der Waals surface area (Å²) in [4.78, 5) is 0. The van der Waals surface area contributed by atoms with Gasteiger partial charge in [0.15, 0.2) is 0 Å². The molecule has 0 fully saturated rings. The van der Waals surface area contributed by atoms with E-state index in [-0.39, 0.29) is 12.2 Å². The Morgan fingerprint density at radius 3 is 1.22 bits per heavy atom. The molecule has 1 heteroatoms. The van der Waals surface area contributed by atoms with Gasteiger partial charge in [-0.3, -0.25) is 0 Å². The summed E-state index contributed by atoms with van der Waals surface area (Å²) in [6.45, 7) is 9.20. The molecule has 0 aliphatic rings. The fourth-order valence-corrected chi connectivity index (χ4v) is 5.99. The van der Waals surface area contributed by atoms with Gasteiger partial charge < -0.3 is 4.74 Å². The lowest BCUT2D eigenvalue weighted by atomic mass is 9.87. The molecule has 1 nitrogen and oxygen atoms in total. The number of hydrogen-bond acceptors (Lipinski definition) is 1. The molecule has 4 atom stereocenters. The average molecular weight is 559 g/mol. The molecular formula is C40H62O. The van der Waals surface area contributed by atoms with Crippen LogP contribution >= 0.6 is 0 Å². The van der Waals surface area contributed by atoms with E-state index < -0.39 is 0 Å². The Labute approximate surface area is 254 Å². The second-order valence-corrected chi connectivity index (χ2v) is 11.9. The minimum absolute atomic E-state index is 0.0592. The Hall–Kier alpha value is -2.12. The highest BCUT2D eigenvalue weighted by molar-refractivity contribution is 5.25. The van der Waals surface area contributed by atoms with Gasteiger partial charge in [-0.2, -0.15) is 0 Å². The smallest absolute Gasteiger partial charge is 0.0832 e. The first-order chi connectivity index (χ1) is 20.2. The van der Waals surface area contributed by atoms with E-state index in [0.717, 1.165) is 25.7 Å². The second-order valence-electron chi connectivity index (χ2n) is 11.9. The highest BCUT2D eigenvalue weighted by atomic mass is 16.5. The van der Waals surface area contributed by atoms with Crippen molar-refractivity contribution in [3.8, 4) is 0 Å². The SMILES string of the molecule is CCCCCCCCC=CC(OC(C=CCCCCCCCC)C(CC)c1ccccc1)C(CC)c1ccccc1. The molecule has 4 unspecified atom stereocenters. The topological polar surface area (TPSA) is 9.23 Å². The zero-order valence-electron chi connectivity index (χ0n) is 27.1. The third-order valence-electron chi connectivity index (χ3n) is 8.54. The lowest BCUT2D eigenvalue weighted by Crippen LogP contribution is -2.29. The van der Waals surface area contributed by atoms with Crippen LogP contribution in [-0.2, 0) is 4.74 Å². The van der Waals surface area contributed by atoms with Crippen LogP contribution < -0.4 is 0 Å². The van der Waals surface area contributed by atoms with Gasteiger partial charge in [-0.15, -0.1) is 0 Å². The van der Waals surface area contributed by atoms with E-state index in [1.165, 1.54) is 88.2 Å². The van der Waals surface area contributed by atoms with Crippen LogP contribution in [0.2, 0.25) is 0 Å². The molecule has 2 aromatic rings. The largest absolute Gasteiger partial charge is 0.366 e. The minimum atomic E-state index is 0.0592.